The lowest BCUT2D eigenvalue weighted by Gasteiger charge is -2.26. The molecule has 2 amide bonds. The lowest BCUT2D eigenvalue weighted by molar-refractivity contribution is -0.133. The predicted octanol–water partition coefficient (Wildman–Crippen LogP) is 4.51. The minimum Gasteiger partial charge on any atom is -0.338 e. The van der Waals surface area contributed by atoms with Crippen LogP contribution in [0.2, 0.25) is 0 Å². The average molecular weight is 386 g/mol. The van der Waals surface area contributed by atoms with Crippen LogP contribution in [0.3, 0.4) is 0 Å². The van der Waals surface area contributed by atoms with E-state index >= 15 is 0 Å². The summed E-state index contributed by atoms with van der Waals surface area (Å²) in [5.74, 6) is 0.0809. The number of aryl methyl sites for hydroxylation is 1. The third-order valence-corrected chi connectivity index (χ3v) is 6.21. The number of nitrogens with one attached hydrogen (secondary N) is 1. The second-order valence-corrected chi connectivity index (χ2v) is 9.11. The number of hydrogen-bond donors (Lipinski definition) is 1. The zero-order valence-electron chi connectivity index (χ0n) is 16.5. The van der Waals surface area contributed by atoms with Gasteiger partial charge in [-0.1, -0.05) is 32.9 Å². The van der Waals surface area contributed by atoms with E-state index in [1.165, 1.54) is 11.3 Å². The van der Waals surface area contributed by atoms with E-state index in [1.54, 1.807) is 0 Å². The third kappa shape index (κ3) is 4.75. The summed E-state index contributed by atoms with van der Waals surface area (Å²) in [5, 5.41) is 3.94. The Morgan fingerprint density at radius 3 is 2.74 bits per heavy atom. The minimum absolute atomic E-state index is 0.0746. The van der Waals surface area contributed by atoms with E-state index in [0.29, 0.717) is 17.8 Å². The van der Waals surface area contributed by atoms with E-state index in [0.717, 1.165) is 41.3 Å². The van der Waals surface area contributed by atoms with Crippen LogP contribution < -0.4 is 5.32 Å². The number of likely N-dealkylation sites (tertiary alicyclic amines) is 1. The third-order valence-electron chi connectivity index (χ3n) is 4.62. The second-order valence-electron chi connectivity index (χ2n) is 8.11. The van der Waals surface area contributed by atoms with Crippen LogP contribution in [0.25, 0.3) is 0 Å². The van der Waals surface area contributed by atoms with Crippen molar-refractivity contribution in [2.24, 2.45) is 0 Å². The fourth-order valence-corrected chi connectivity index (χ4v) is 4.13. The molecule has 0 atom stereocenters. The van der Waals surface area contributed by atoms with E-state index in [4.69, 9.17) is 0 Å². The number of nitrogens with zero attached hydrogens (tertiary/aromatic N) is 2. The maximum absolute atomic E-state index is 12.7. The summed E-state index contributed by atoms with van der Waals surface area (Å²) in [6.07, 6.45) is 2.68. The molecule has 27 heavy (non-hydrogen) atoms. The van der Waals surface area contributed by atoms with Gasteiger partial charge in [0.2, 0.25) is 5.91 Å². The minimum atomic E-state index is -0.133. The number of anilines is 1. The van der Waals surface area contributed by atoms with Crippen molar-refractivity contribution in [3.63, 3.8) is 0 Å². The lowest BCUT2D eigenvalue weighted by atomic mass is 9.98. The molecule has 0 aliphatic carbocycles. The Bertz CT molecular complexity index is 851. The highest BCUT2D eigenvalue weighted by molar-refractivity contribution is 7.14. The highest BCUT2D eigenvalue weighted by atomic mass is 32.1. The second kappa shape index (κ2) is 7.80. The molecule has 2 heterocycles. The highest BCUT2D eigenvalue weighted by Gasteiger charge is 2.23. The number of rotatable bonds is 4. The van der Waals surface area contributed by atoms with Crippen molar-refractivity contribution in [3.8, 4) is 0 Å². The van der Waals surface area contributed by atoms with Gasteiger partial charge in [0.1, 0.15) is 4.88 Å². The molecule has 1 aliphatic heterocycles. The Morgan fingerprint density at radius 1 is 1.30 bits per heavy atom. The molecule has 1 fully saturated rings. The van der Waals surface area contributed by atoms with Crippen LogP contribution >= 0.6 is 11.3 Å². The molecular formula is C21H27N3O2S. The maximum atomic E-state index is 12.7. The Kier molecular flexibility index (Phi) is 5.65. The van der Waals surface area contributed by atoms with Crippen LogP contribution in [-0.4, -0.2) is 28.2 Å². The molecule has 0 saturated carbocycles. The molecule has 0 spiro atoms. The van der Waals surface area contributed by atoms with Gasteiger partial charge in [-0.3, -0.25) is 9.59 Å². The summed E-state index contributed by atoms with van der Waals surface area (Å²) in [4.78, 5) is 31.8. The smallest absolute Gasteiger partial charge is 0.267 e. The lowest BCUT2D eigenvalue weighted by Crippen LogP contribution is -2.34. The summed E-state index contributed by atoms with van der Waals surface area (Å²) >= 11 is 1.45. The molecule has 5 nitrogen and oxygen atoms in total. The highest BCUT2D eigenvalue weighted by Crippen LogP contribution is 2.29. The molecule has 0 unspecified atom stereocenters. The molecule has 1 N–H and O–H groups in total. The number of amides is 2. The van der Waals surface area contributed by atoms with Crippen molar-refractivity contribution in [1.82, 2.24) is 9.88 Å². The van der Waals surface area contributed by atoms with E-state index in [1.807, 2.05) is 36.1 Å². The van der Waals surface area contributed by atoms with Crippen molar-refractivity contribution in [3.05, 3.63) is 45.4 Å². The molecule has 1 aromatic heterocycles. The molecule has 1 aliphatic rings. The van der Waals surface area contributed by atoms with Gasteiger partial charge in [0.05, 0.1) is 10.7 Å². The summed E-state index contributed by atoms with van der Waals surface area (Å²) in [7, 11) is 0. The quantitative estimate of drug-likeness (QED) is 0.842. The SMILES string of the molecule is Cc1nc(C(C)(C)C)sc1C(=O)Nc1cccc(CN2CCCCC2=O)c1. The van der Waals surface area contributed by atoms with Gasteiger partial charge < -0.3 is 10.2 Å². The first-order valence-corrected chi connectivity index (χ1v) is 10.2. The van der Waals surface area contributed by atoms with E-state index in [9.17, 15) is 9.59 Å². The Hall–Kier alpha value is -2.21. The molecule has 2 aromatic rings. The van der Waals surface area contributed by atoms with Gasteiger partial charge in [0.15, 0.2) is 0 Å². The van der Waals surface area contributed by atoms with E-state index in [-0.39, 0.29) is 17.2 Å². The number of carbonyl (C=O) groups is 2. The van der Waals surface area contributed by atoms with Gasteiger partial charge in [-0.05, 0) is 37.5 Å². The van der Waals surface area contributed by atoms with Gasteiger partial charge in [-0.25, -0.2) is 4.98 Å². The first kappa shape index (κ1) is 19.5. The molecule has 3 rings (SSSR count). The van der Waals surface area contributed by atoms with Crippen LogP contribution in [0.4, 0.5) is 5.69 Å². The van der Waals surface area contributed by atoms with Crippen LogP contribution in [-0.2, 0) is 16.8 Å². The maximum Gasteiger partial charge on any atom is 0.267 e. The van der Waals surface area contributed by atoms with E-state index < -0.39 is 0 Å². The number of thiazole rings is 1. The molecule has 0 radical (unpaired) electrons. The first-order chi connectivity index (χ1) is 12.7. The van der Waals surface area contributed by atoms with E-state index in [2.05, 4.69) is 31.1 Å². The largest absolute Gasteiger partial charge is 0.338 e. The van der Waals surface area contributed by atoms with Crippen LogP contribution in [0, 0.1) is 6.92 Å². The number of hydrogen-bond acceptors (Lipinski definition) is 4. The first-order valence-electron chi connectivity index (χ1n) is 9.40. The number of carbonyl (C=O) groups excluding carboxylic acids is 2. The molecular weight excluding hydrogens is 358 g/mol. The summed E-state index contributed by atoms with van der Waals surface area (Å²) < 4.78 is 0. The van der Waals surface area contributed by atoms with Gasteiger partial charge in [-0.2, -0.15) is 0 Å². The van der Waals surface area contributed by atoms with Crippen LogP contribution in [0.5, 0.6) is 0 Å². The van der Waals surface area contributed by atoms with Crippen molar-refractivity contribution >= 4 is 28.8 Å². The van der Waals surface area contributed by atoms with Crippen molar-refractivity contribution < 1.29 is 9.59 Å². The fraction of sp³-hybridized carbons (Fsp3) is 0.476. The molecule has 144 valence electrons. The van der Waals surface area contributed by atoms with Gasteiger partial charge >= 0.3 is 0 Å². The molecule has 6 heteroatoms. The molecule has 1 aromatic carbocycles. The Balaban J connectivity index is 1.71. The van der Waals surface area contributed by atoms with Gasteiger partial charge in [-0.15, -0.1) is 11.3 Å². The zero-order valence-corrected chi connectivity index (χ0v) is 17.3. The Morgan fingerprint density at radius 2 is 2.07 bits per heavy atom. The number of piperidine rings is 1. The fourth-order valence-electron chi connectivity index (χ4n) is 3.11. The molecule has 0 bridgehead atoms. The van der Waals surface area contributed by atoms with Gasteiger partial charge in [0, 0.05) is 30.6 Å². The van der Waals surface area contributed by atoms with Crippen molar-refractivity contribution in [1.29, 1.82) is 0 Å². The van der Waals surface area contributed by atoms with Crippen molar-refractivity contribution in [2.45, 2.75) is 58.9 Å². The van der Waals surface area contributed by atoms with Crippen LogP contribution in [0.1, 0.15) is 66.0 Å². The summed E-state index contributed by atoms with van der Waals surface area (Å²) in [5.41, 5.74) is 2.46. The zero-order chi connectivity index (χ0) is 19.6. The standard InChI is InChI=1S/C21H27N3O2S/c1-14-18(27-20(22-14)21(2,3)4)19(26)23-16-9-7-8-15(12-16)13-24-11-6-5-10-17(24)25/h7-9,12H,5-6,10-11,13H2,1-4H3,(H,23,26). The average Bonchev–Trinajstić information content (AvgIpc) is 3.00. The van der Waals surface area contributed by atoms with Crippen molar-refractivity contribution in [2.75, 3.05) is 11.9 Å². The normalized spacial score (nSPS) is 15.1. The monoisotopic (exact) mass is 385 g/mol. The van der Waals surface area contributed by atoms with Crippen LogP contribution in [0.15, 0.2) is 24.3 Å². The Labute approximate surface area is 164 Å². The topological polar surface area (TPSA) is 62.3 Å². The number of benzene rings is 1. The molecule has 1 saturated heterocycles. The predicted molar refractivity (Wildman–Crippen MR) is 109 cm³/mol. The summed E-state index contributed by atoms with van der Waals surface area (Å²) in [6, 6.07) is 7.73. The van der Waals surface area contributed by atoms with Gasteiger partial charge in [0.25, 0.3) is 5.91 Å². The number of aromatic nitrogens is 1. The summed E-state index contributed by atoms with van der Waals surface area (Å²) in [6.45, 7) is 9.56.